The molecule has 0 unspecified atom stereocenters. The van der Waals surface area contributed by atoms with Crippen molar-refractivity contribution in [3.8, 4) is 0 Å². The SMILES string of the molecule is CC(C)(C)OC(=O)N[C@@H](Cc1ccc(NS(=O)(=O)O)cc1)c1csc(C(C)(C)C)n1. The van der Waals surface area contributed by atoms with Gasteiger partial charge in [0, 0.05) is 10.8 Å². The zero-order valence-electron chi connectivity index (χ0n) is 18.0. The third kappa shape index (κ3) is 7.92. The van der Waals surface area contributed by atoms with Crippen LogP contribution < -0.4 is 10.0 Å². The van der Waals surface area contributed by atoms with E-state index in [1.54, 1.807) is 32.9 Å². The molecule has 30 heavy (non-hydrogen) atoms. The molecule has 2 rings (SSSR count). The van der Waals surface area contributed by atoms with Crippen LogP contribution in [0.2, 0.25) is 0 Å². The number of carbonyl (C=O) groups excluding carboxylic acids is 1. The van der Waals surface area contributed by atoms with Gasteiger partial charge in [-0.25, -0.2) is 9.78 Å². The lowest BCUT2D eigenvalue weighted by Crippen LogP contribution is -2.36. The molecule has 1 aromatic heterocycles. The van der Waals surface area contributed by atoms with Crippen molar-refractivity contribution in [3.05, 3.63) is 45.9 Å². The Labute approximate surface area is 182 Å². The van der Waals surface area contributed by atoms with Gasteiger partial charge in [0.1, 0.15) is 5.60 Å². The summed E-state index contributed by atoms with van der Waals surface area (Å²) in [6.45, 7) is 11.6. The van der Waals surface area contributed by atoms with Crippen LogP contribution >= 0.6 is 11.3 Å². The summed E-state index contributed by atoms with van der Waals surface area (Å²) in [7, 11) is -4.33. The normalized spacial score (nSPS) is 13.6. The molecule has 1 heterocycles. The van der Waals surface area contributed by atoms with Gasteiger partial charge in [-0.3, -0.25) is 9.27 Å². The molecule has 0 bridgehead atoms. The summed E-state index contributed by atoms with van der Waals surface area (Å²) < 4.78 is 38.2. The Morgan fingerprint density at radius 1 is 1.17 bits per heavy atom. The lowest BCUT2D eigenvalue weighted by Gasteiger charge is -2.23. The van der Waals surface area contributed by atoms with Gasteiger partial charge in [0.05, 0.1) is 22.4 Å². The summed E-state index contributed by atoms with van der Waals surface area (Å²) in [6, 6.07) is 6.08. The summed E-state index contributed by atoms with van der Waals surface area (Å²) in [6.07, 6.45) is -0.110. The number of hydrogen-bond acceptors (Lipinski definition) is 6. The van der Waals surface area contributed by atoms with E-state index >= 15 is 0 Å². The molecular formula is C20H29N3O5S2. The Hall–Kier alpha value is -2.17. The number of benzene rings is 1. The van der Waals surface area contributed by atoms with Crippen LogP contribution in [0.25, 0.3) is 0 Å². The number of amides is 1. The van der Waals surface area contributed by atoms with Crippen LogP contribution in [0.5, 0.6) is 0 Å². The minimum Gasteiger partial charge on any atom is -0.444 e. The molecule has 8 nitrogen and oxygen atoms in total. The van der Waals surface area contributed by atoms with Crippen LogP contribution in [-0.4, -0.2) is 29.6 Å². The number of nitrogens with one attached hydrogen (secondary N) is 2. The Morgan fingerprint density at radius 2 is 1.77 bits per heavy atom. The van der Waals surface area contributed by atoms with Crippen molar-refractivity contribution in [3.63, 3.8) is 0 Å². The maximum atomic E-state index is 12.4. The molecular weight excluding hydrogens is 426 g/mol. The molecule has 0 saturated heterocycles. The molecule has 0 aliphatic rings. The van der Waals surface area contributed by atoms with Crippen molar-refractivity contribution < 1.29 is 22.5 Å². The lowest BCUT2D eigenvalue weighted by molar-refractivity contribution is 0.0502. The second-order valence-electron chi connectivity index (χ2n) is 9.00. The first kappa shape index (κ1) is 24.1. The highest BCUT2D eigenvalue weighted by Crippen LogP contribution is 2.29. The summed E-state index contributed by atoms with van der Waals surface area (Å²) in [5.74, 6) is 0. The van der Waals surface area contributed by atoms with E-state index in [1.165, 1.54) is 23.5 Å². The highest BCUT2D eigenvalue weighted by atomic mass is 32.2. The van der Waals surface area contributed by atoms with E-state index in [0.717, 1.165) is 16.3 Å². The fraction of sp³-hybridized carbons (Fsp3) is 0.500. The quantitative estimate of drug-likeness (QED) is 0.554. The molecule has 1 atom stereocenters. The molecule has 2 aromatic rings. The predicted molar refractivity (Wildman–Crippen MR) is 118 cm³/mol. The van der Waals surface area contributed by atoms with Crippen molar-refractivity contribution in [1.29, 1.82) is 0 Å². The molecule has 3 N–H and O–H groups in total. The Morgan fingerprint density at radius 3 is 2.23 bits per heavy atom. The van der Waals surface area contributed by atoms with Crippen molar-refractivity contribution >= 4 is 33.4 Å². The maximum absolute atomic E-state index is 12.4. The van der Waals surface area contributed by atoms with Gasteiger partial charge in [0.2, 0.25) is 0 Å². The third-order valence-corrected chi connectivity index (χ3v) is 5.63. The monoisotopic (exact) mass is 455 g/mol. The second-order valence-corrected chi connectivity index (χ2v) is 11.0. The van der Waals surface area contributed by atoms with Crippen molar-refractivity contribution in [2.45, 2.75) is 65.0 Å². The summed E-state index contributed by atoms with van der Waals surface area (Å²) in [4.78, 5) is 17.1. The van der Waals surface area contributed by atoms with E-state index in [0.29, 0.717) is 6.42 Å². The largest absolute Gasteiger partial charge is 0.444 e. The van der Waals surface area contributed by atoms with Gasteiger partial charge in [-0.15, -0.1) is 11.3 Å². The average molecular weight is 456 g/mol. The number of ether oxygens (including phenoxy) is 1. The van der Waals surface area contributed by atoms with Gasteiger partial charge in [-0.1, -0.05) is 32.9 Å². The number of carbonyl (C=O) groups is 1. The molecule has 166 valence electrons. The third-order valence-electron chi connectivity index (χ3n) is 3.85. The van der Waals surface area contributed by atoms with Gasteiger partial charge in [-0.2, -0.15) is 8.42 Å². The Balaban J connectivity index is 2.25. The number of hydrogen-bond donors (Lipinski definition) is 3. The molecule has 0 aliphatic heterocycles. The lowest BCUT2D eigenvalue weighted by atomic mass is 9.98. The molecule has 0 fully saturated rings. The van der Waals surface area contributed by atoms with Crippen LogP contribution in [0, 0.1) is 0 Å². The molecule has 1 amide bonds. The van der Waals surface area contributed by atoms with Crippen LogP contribution in [0.4, 0.5) is 10.5 Å². The molecule has 0 radical (unpaired) electrons. The predicted octanol–water partition coefficient (Wildman–Crippen LogP) is 4.46. The first-order valence-corrected chi connectivity index (χ1v) is 11.7. The first-order chi connectivity index (χ1) is 13.6. The standard InChI is InChI=1S/C20H29N3O5S2/c1-19(2,3)17-21-16(12-29-17)15(22-18(24)28-20(4,5)6)11-13-7-9-14(10-8-13)23-30(25,26)27/h7-10,12,15,23H,11H2,1-6H3,(H,22,24)(H,25,26,27)/t15-/m0/s1. The van der Waals surface area contributed by atoms with E-state index in [-0.39, 0.29) is 11.1 Å². The van der Waals surface area contributed by atoms with Crippen LogP contribution in [-0.2, 0) is 26.9 Å². The van der Waals surface area contributed by atoms with Gasteiger partial charge >= 0.3 is 16.4 Å². The van der Waals surface area contributed by atoms with Crippen molar-refractivity contribution in [1.82, 2.24) is 10.3 Å². The van der Waals surface area contributed by atoms with Gasteiger partial charge in [-0.05, 0) is 44.9 Å². The number of alkyl carbamates (subject to hydrolysis) is 1. The number of nitrogens with zero attached hydrogens (tertiary/aromatic N) is 1. The summed E-state index contributed by atoms with van der Waals surface area (Å²) in [5.41, 5.74) is 1.08. The van der Waals surface area contributed by atoms with Crippen LogP contribution in [0.3, 0.4) is 0 Å². The van der Waals surface area contributed by atoms with Gasteiger partial charge < -0.3 is 10.1 Å². The summed E-state index contributed by atoms with van der Waals surface area (Å²) in [5, 5.41) is 5.77. The van der Waals surface area contributed by atoms with Gasteiger partial charge in [0.25, 0.3) is 0 Å². The highest BCUT2D eigenvalue weighted by Gasteiger charge is 2.25. The minimum absolute atomic E-state index is 0.109. The van der Waals surface area contributed by atoms with Crippen molar-refractivity contribution in [2.24, 2.45) is 0 Å². The maximum Gasteiger partial charge on any atom is 0.408 e. The number of aromatic nitrogens is 1. The van der Waals surface area contributed by atoms with E-state index < -0.39 is 28.0 Å². The van der Waals surface area contributed by atoms with E-state index in [4.69, 9.17) is 14.3 Å². The van der Waals surface area contributed by atoms with E-state index in [1.807, 2.05) is 10.1 Å². The van der Waals surface area contributed by atoms with Crippen molar-refractivity contribution in [2.75, 3.05) is 4.72 Å². The van der Waals surface area contributed by atoms with E-state index in [9.17, 15) is 13.2 Å². The second kappa shape index (κ2) is 8.91. The zero-order valence-corrected chi connectivity index (χ0v) is 19.6. The molecule has 0 spiro atoms. The molecule has 0 aliphatic carbocycles. The molecule has 10 heteroatoms. The minimum atomic E-state index is -4.33. The number of anilines is 1. The highest BCUT2D eigenvalue weighted by molar-refractivity contribution is 7.87. The fourth-order valence-corrected chi connectivity index (χ4v) is 3.96. The van der Waals surface area contributed by atoms with Gasteiger partial charge in [0.15, 0.2) is 0 Å². The average Bonchev–Trinajstić information content (AvgIpc) is 3.03. The molecule has 1 aromatic carbocycles. The number of thiazole rings is 1. The zero-order chi connectivity index (χ0) is 22.7. The molecule has 0 saturated carbocycles. The first-order valence-electron chi connectivity index (χ1n) is 9.42. The van der Waals surface area contributed by atoms with Crippen LogP contribution in [0.15, 0.2) is 29.6 Å². The smallest absolute Gasteiger partial charge is 0.408 e. The van der Waals surface area contributed by atoms with Crippen LogP contribution in [0.1, 0.15) is 63.8 Å². The number of rotatable bonds is 6. The Bertz CT molecular complexity index is 971. The fourth-order valence-electron chi connectivity index (χ4n) is 2.56. The Kier molecular flexibility index (Phi) is 7.16. The van der Waals surface area contributed by atoms with E-state index in [2.05, 4.69) is 26.1 Å². The topological polar surface area (TPSA) is 118 Å². The summed E-state index contributed by atoms with van der Waals surface area (Å²) >= 11 is 1.54.